The van der Waals surface area contributed by atoms with Crippen LogP contribution in [0.5, 0.6) is 0 Å². The Morgan fingerprint density at radius 1 is 1.43 bits per heavy atom. The number of nitrogens with zero attached hydrogens (tertiary/aromatic N) is 1. The van der Waals surface area contributed by atoms with Gasteiger partial charge in [-0.05, 0) is 36.6 Å². The molecule has 112 valence electrons. The summed E-state index contributed by atoms with van der Waals surface area (Å²) in [6, 6.07) is 4.91. The zero-order chi connectivity index (χ0) is 15.6. The highest BCUT2D eigenvalue weighted by Crippen LogP contribution is 2.28. The highest BCUT2D eigenvalue weighted by atomic mass is 32.2. The molecule has 1 N–H and O–H groups in total. The van der Waals surface area contributed by atoms with Crippen molar-refractivity contribution in [1.29, 1.82) is 0 Å². The number of rotatable bonds is 4. The lowest BCUT2D eigenvalue weighted by atomic mass is 10.1. The van der Waals surface area contributed by atoms with E-state index in [2.05, 4.69) is 0 Å². The van der Waals surface area contributed by atoms with E-state index < -0.39 is 5.97 Å². The number of carboxylic acid groups (broad SMARTS) is 1. The monoisotopic (exact) mass is 307 g/mol. The average Bonchev–Trinajstić information content (AvgIpc) is 2.77. The van der Waals surface area contributed by atoms with Crippen LogP contribution in [0.4, 0.5) is 5.69 Å². The second-order valence-corrected chi connectivity index (χ2v) is 6.38. The van der Waals surface area contributed by atoms with Gasteiger partial charge in [-0.1, -0.05) is 11.8 Å². The fraction of sp³-hybridized carbons (Fsp3) is 0.400. The van der Waals surface area contributed by atoms with Gasteiger partial charge in [0.25, 0.3) is 0 Å². The summed E-state index contributed by atoms with van der Waals surface area (Å²) in [6.45, 7) is 3.81. The molecule has 1 fully saturated rings. The summed E-state index contributed by atoms with van der Waals surface area (Å²) in [4.78, 5) is 35.7. The van der Waals surface area contributed by atoms with Crippen molar-refractivity contribution in [2.24, 2.45) is 5.92 Å². The van der Waals surface area contributed by atoms with Crippen LogP contribution in [-0.4, -0.2) is 34.4 Å². The van der Waals surface area contributed by atoms with E-state index in [1.165, 1.54) is 24.8 Å². The van der Waals surface area contributed by atoms with Gasteiger partial charge in [0.15, 0.2) is 5.12 Å². The van der Waals surface area contributed by atoms with Crippen LogP contribution in [0.1, 0.15) is 29.3 Å². The summed E-state index contributed by atoms with van der Waals surface area (Å²) in [5.74, 6) is -0.149. The second kappa shape index (κ2) is 6.30. The van der Waals surface area contributed by atoms with Crippen LogP contribution in [0.2, 0.25) is 0 Å². The van der Waals surface area contributed by atoms with Gasteiger partial charge in [0.1, 0.15) is 0 Å². The number of amides is 1. The van der Waals surface area contributed by atoms with Crippen molar-refractivity contribution in [2.75, 3.05) is 17.2 Å². The van der Waals surface area contributed by atoms with Crippen molar-refractivity contribution < 1.29 is 19.5 Å². The molecule has 1 unspecified atom stereocenters. The molecule has 0 aliphatic carbocycles. The number of thioether (sulfide) groups is 1. The number of aryl methyl sites for hydroxylation is 1. The van der Waals surface area contributed by atoms with Crippen molar-refractivity contribution in [1.82, 2.24) is 0 Å². The molecule has 21 heavy (non-hydrogen) atoms. The SMILES string of the molecule is CC(=O)SCC1CC(=O)N(c2ccc(C(=O)O)c(C)c2)C1. The zero-order valence-corrected chi connectivity index (χ0v) is 12.8. The van der Waals surface area contributed by atoms with E-state index in [0.717, 1.165) is 5.69 Å². The summed E-state index contributed by atoms with van der Waals surface area (Å²) < 4.78 is 0. The number of benzene rings is 1. The Morgan fingerprint density at radius 2 is 2.14 bits per heavy atom. The van der Waals surface area contributed by atoms with E-state index >= 15 is 0 Å². The number of carbonyl (C=O) groups is 3. The largest absolute Gasteiger partial charge is 0.478 e. The molecule has 0 radical (unpaired) electrons. The van der Waals surface area contributed by atoms with Gasteiger partial charge in [-0.15, -0.1) is 0 Å². The molecule has 1 heterocycles. The highest BCUT2D eigenvalue weighted by molar-refractivity contribution is 8.13. The molecule has 2 rings (SSSR count). The molecular weight excluding hydrogens is 290 g/mol. The van der Waals surface area contributed by atoms with Crippen molar-refractivity contribution in [3.63, 3.8) is 0 Å². The van der Waals surface area contributed by atoms with Crippen LogP contribution >= 0.6 is 11.8 Å². The molecule has 0 aromatic heterocycles. The number of anilines is 1. The minimum atomic E-state index is -0.970. The molecule has 6 heteroatoms. The quantitative estimate of drug-likeness (QED) is 0.924. The number of carboxylic acids is 1. The summed E-state index contributed by atoms with van der Waals surface area (Å²) in [5, 5.41) is 9.08. The first-order chi connectivity index (χ1) is 9.88. The Kier molecular flexibility index (Phi) is 4.67. The molecular formula is C15H17NO4S. The van der Waals surface area contributed by atoms with Crippen LogP contribution < -0.4 is 4.90 Å². The number of carbonyl (C=O) groups excluding carboxylic acids is 2. The van der Waals surface area contributed by atoms with Gasteiger partial charge in [-0.3, -0.25) is 9.59 Å². The zero-order valence-electron chi connectivity index (χ0n) is 12.0. The van der Waals surface area contributed by atoms with E-state index in [9.17, 15) is 14.4 Å². The molecule has 1 saturated heterocycles. The van der Waals surface area contributed by atoms with Gasteiger partial charge in [0.05, 0.1) is 5.56 Å². The smallest absolute Gasteiger partial charge is 0.335 e. The van der Waals surface area contributed by atoms with Crippen molar-refractivity contribution in [2.45, 2.75) is 20.3 Å². The predicted octanol–water partition coefficient (Wildman–Crippen LogP) is 2.33. The molecule has 1 atom stereocenters. The topological polar surface area (TPSA) is 74.7 Å². The van der Waals surface area contributed by atoms with Crippen molar-refractivity contribution >= 4 is 34.4 Å². The van der Waals surface area contributed by atoms with Gasteiger partial charge in [-0.25, -0.2) is 4.79 Å². The first-order valence-electron chi connectivity index (χ1n) is 6.66. The Balaban J connectivity index is 2.12. The average molecular weight is 307 g/mol. The van der Waals surface area contributed by atoms with Crippen LogP contribution in [0.25, 0.3) is 0 Å². The predicted molar refractivity (Wildman–Crippen MR) is 81.7 cm³/mol. The molecule has 0 bridgehead atoms. The van der Waals surface area contributed by atoms with E-state index in [1.54, 1.807) is 24.0 Å². The molecule has 1 amide bonds. The third-order valence-electron chi connectivity index (χ3n) is 3.48. The maximum absolute atomic E-state index is 12.1. The lowest BCUT2D eigenvalue weighted by molar-refractivity contribution is -0.117. The van der Waals surface area contributed by atoms with Crippen LogP contribution in [0, 0.1) is 12.8 Å². The maximum atomic E-state index is 12.1. The van der Waals surface area contributed by atoms with E-state index in [0.29, 0.717) is 24.3 Å². The Hall–Kier alpha value is -1.82. The third kappa shape index (κ3) is 3.64. The first kappa shape index (κ1) is 15.6. The van der Waals surface area contributed by atoms with E-state index in [1.807, 2.05) is 0 Å². The molecule has 0 spiro atoms. The van der Waals surface area contributed by atoms with Crippen molar-refractivity contribution in [3.8, 4) is 0 Å². The van der Waals surface area contributed by atoms with Gasteiger partial charge in [0, 0.05) is 31.3 Å². The van der Waals surface area contributed by atoms with Crippen LogP contribution in [0.15, 0.2) is 18.2 Å². The Morgan fingerprint density at radius 3 is 2.71 bits per heavy atom. The second-order valence-electron chi connectivity index (χ2n) is 5.18. The first-order valence-corrected chi connectivity index (χ1v) is 7.64. The number of hydrogen-bond donors (Lipinski definition) is 1. The van der Waals surface area contributed by atoms with Gasteiger partial charge in [-0.2, -0.15) is 0 Å². The summed E-state index contributed by atoms with van der Waals surface area (Å²) in [7, 11) is 0. The lowest BCUT2D eigenvalue weighted by Gasteiger charge is -2.18. The molecule has 1 aromatic rings. The minimum absolute atomic E-state index is 0.0200. The highest BCUT2D eigenvalue weighted by Gasteiger charge is 2.31. The molecule has 0 saturated carbocycles. The van der Waals surface area contributed by atoms with Crippen LogP contribution in [-0.2, 0) is 9.59 Å². The molecule has 1 aliphatic rings. The van der Waals surface area contributed by atoms with Crippen LogP contribution in [0.3, 0.4) is 0 Å². The Labute approximate surface area is 127 Å². The lowest BCUT2D eigenvalue weighted by Crippen LogP contribution is -2.25. The number of aromatic carboxylic acids is 1. The van der Waals surface area contributed by atoms with E-state index in [-0.39, 0.29) is 22.5 Å². The minimum Gasteiger partial charge on any atom is -0.478 e. The normalized spacial score (nSPS) is 18.1. The molecule has 1 aliphatic heterocycles. The maximum Gasteiger partial charge on any atom is 0.335 e. The van der Waals surface area contributed by atoms with Crippen molar-refractivity contribution in [3.05, 3.63) is 29.3 Å². The third-order valence-corrected chi connectivity index (χ3v) is 4.52. The fourth-order valence-corrected chi connectivity index (χ4v) is 3.13. The standard InChI is InChI=1S/C15H17NO4S/c1-9-5-12(3-4-13(9)15(19)20)16-7-11(6-14(16)18)8-21-10(2)17/h3-5,11H,6-8H2,1-2H3,(H,19,20). The van der Waals surface area contributed by atoms with Gasteiger partial charge in [0.2, 0.25) is 5.91 Å². The number of hydrogen-bond acceptors (Lipinski definition) is 4. The summed E-state index contributed by atoms with van der Waals surface area (Å²) in [5.41, 5.74) is 1.60. The molecule has 5 nitrogen and oxygen atoms in total. The van der Waals surface area contributed by atoms with Gasteiger partial charge < -0.3 is 10.0 Å². The van der Waals surface area contributed by atoms with Gasteiger partial charge >= 0.3 is 5.97 Å². The molecule has 1 aromatic carbocycles. The summed E-state index contributed by atoms with van der Waals surface area (Å²) in [6.07, 6.45) is 0.431. The summed E-state index contributed by atoms with van der Waals surface area (Å²) >= 11 is 1.24. The Bertz CT molecular complexity index is 599. The fourth-order valence-electron chi connectivity index (χ4n) is 2.43. The van der Waals surface area contributed by atoms with E-state index in [4.69, 9.17) is 5.11 Å².